The van der Waals surface area contributed by atoms with Crippen LogP contribution in [0.15, 0.2) is 53.9 Å². The van der Waals surface area contributed by atoms with Gasteiger partial charge in [-0.15, -0.1) is 11.3 Å². The Balaban J connectivity index is 0.00000481. The number of hydrogen-bond acceptors (Lipinski definition) is 6. The summed E-state index contributed by atoms with van der Waals surface area (Å²) < 4.78 is 40.6. The number of aliphatic hydroxyl groups is 1. The van der Waals surface area contributed by atoms with Gasteiger partial charge < -0.3 is 33.6 Å². The number of rotatable bonds is 10. The van der Waals surface area contributed by atoms with Crippen molar-refractivity contribution in [3.8, 4) is 11.3 Å². The lowest BCUT2D eigenvalue weighted by Gasteiger charge is -2.29. The zero-order chi connectivity index (χ0) is 26.5. The van der Waals surface area contributed by atoms with Gasteiger partial charge in [0.1, 0.15) is 6.54 Å². The number of anilines is 2. The fraction of sp³-hybridized carbons (Fsp3) is 0.333. The van der Waals surface area contributed by atoms with Crippen molar-refractivity contribution < 1.29 is 56.5 Å². The zero-order valence-electron chi connectivity index (χ0n) is 20.1. The Labute approximate surface area is 233 Å². The number of benzene rings is 2. The van der Waals surface area contributed by atoms with Gasteiger partial charge in [0.15, 0.2) is 5.13 Å². The largest absolute Gasteiger partial charge is 1.00 e. The summed E-state index contributed by atoms with van der Waals surface area (Å²) in [5.74, 6) is -0.432. The molecule has 200 valence electrons. The van der Waals surface area contributed by atoms with Crippen LogP contribution in [0.5, 0.6) is 0 Å². The van der Waals surface area contributed by atoms with E-state index in [-0.39, 0.29) is 53.5 Å². The van der Waals surface area contributed by atoms with E-state index in [0.29, 0.717) is 35.3 Å². The van der Waals surface area contributed by atoms with Crippen LogP contribution < -0.4 is 28.9 Å². The number of aromatic nitrogens is 1. The molecule has 0 saturated heterocycles. The minimum Gasteiger partial charge on any atom is -1.00 e. The molecule has 13 heteroatoms. The van der Waals surface area contributed by atoms with E-state index in [4.69, 9.17) is 0 Å². The Kier molecular flexibility index (Phi) is 10.6. The first-order chi connectivity index (χ1) is 16.9. The van der Waals surface area contributed by atoms with Gasteiger partial charge in [-0.3, -0.25) is 19.8 Å². The molecule has 0 spiro atoms. The molecule has 0 atom stereocenters. The van der Waals surface area contributed by atoms with Gasteiger partial charge in [-0.25, -0.2) is 4.98 Å². The van der Waals surface area contributed by atoms with Crippen LogP contribution in [0.2, 0.25) is 0 Å². The number of thiazole rings is 1. The van der Waals surface area contributed by atoms with Crippen LogP contribution in [0, 0.1) is 10.1 Å². The van der Waals surface area contributed by atoms with E-state index in [2.05, 4.69) is 4.98 Å². The smallest absolute Gasteiger partial charge is 0.416 e. The number of alkyl halides is 3. The Morgan fingerprint density at radius 3 is 2.51 bits per heavy atom. The van der Waals surface area contributed by atoms with Crippen molar-refractivity contribution in [2.45, 2.75) is 19.0 Å². The van der Waals surface area contributed by atoms with Crippen molar-refractivity contribution in [3.05, 3.63) is 69.6 Å². The highest BCUT2D eigenvalue weighted by atomic mass is 127. The van der Waals surface area contributed by atoms with Crippen molar-refractivity contribution in [1.82, 2.24) is 4.98 Å². The van der Waals surface area contributed by atoms with Crippen molar-refractivity contribution in [2.75, 3.05) is 38.7 Å². The molecule has 0 aliphatic carbocycles. The highest BCUT2D eigenvalue weighted by molar-refractivity contribution is 7.14. The van der Waals surface area contributed by atoms with Crippen LogP contribution in [-0.2, 0) is 11.0 Å². The molecule has 37 heavy (non-hydrogen) atoms. The Morgan fingerprint density at radius 1 is 1.16 bits per heavy atom. The SMILES string of the molecule is C[N+](C)(CCO)CCCC(=O)N(c1cccc(C(F)(F)F)c1)c1nc(-c2cccc([N+](=O)[O-])c2)cs1.[I-]. The molecule has 3 rings (SSSR count). The average molecular weight is 650 g/mol. The quantitative estimate of drug-likeness (QED) is 0.157. The summed E-state index contributed by atoms with van der Waals surface area (Å²) in [6.45, 7) is 1.08. The number of carbonyl (C=O) groups is 1. The highest BCUT2D eigenvalue weighted by Crippen LogP contribution is 2.37. The predicted octanol–water partition coefficient (Wildman–Crippen LogP) is 2.25. The molecule has 0 bridgehead atoms. The van der Waals surface area contributed by atoms with Gasteiger partial charge in [0.05, 0.1) is 49.1 Å². The van der Waals surface area contributed by atoms with Crippen LogP contribution in [0.4, 0.5) is 29.7 Å². The molecular weight excluding hydrogens is 624 g/mol. The van der Waals surface area contributed by atoms with Crippen molar-refractivity contribution >= 4 is 33.8 Å². The second-order valence-electron chi connectivity index (χ2n) is 8.81. The molecule has 0 unspecified atom stereocenters. The fourth-order valence-electron chi connectivity index (χ4n) is 3.61. The summed E-state index contributed by atoms with van der Waals surface area (Å²) in [5, 5.41) is 22.1. The van der Waals surface area contributed by atoms with Crippen LogP contribution >= 0.6 is 11.3 Å². The third-order valence-electron chi connectivity index (χ3n) is 5.58. The molecule has 8 nitrogen and oxygen atoms in total. The molecule has 1 N–H and O–H groups in total. The van der Waals surface area contributed by atoms with Crippen molar-refractivity contribution in [2.24, 2.45) is 0 Å². The predicted molar refractivity (Wildman–Crippen MR) is 131 cm³/mol. The van der Waals surface area contributed by atoms with E-state index in [1.54, 1.807) is 11.4 Å². The van der Waals surface area contributed by atoms with Gasteiger partial charge in [0.2, 0.25) is 5.91 Å². The lowest BCUT2D eigenvalue weighted by molar-refractivity contribution is -0.890. The highest BCUT2D eigenvalue weighted by Gasteiger charge is 2.32. The maximum atomic E-state index is 13.4. The van der Waals surface area contributed by atoms with Crippen LogP contribution in [0.1, 0.15) is 18.4 Å². The minimum absolute atomic E-state index is 0. The molecule has 0 aliphatic heterocycles. The monoisotopic (exact) mass is 650 g/mol. The number of nitro groups is 1. The number of aliphatic hydroxyl groups excluding tert-OH is 1. The molecule has 0 radical (unpaired) electrons. The second-order valence-corrected chi connectivity index (χ2v) is 9.65. The molecule has 2 aromatic carbocycles. The Bertz CT molecular complexity index is 1240. The van der Waals surface area contributed by atoms with E-state index in [0.717, 1.165) is 28.4 Å². The zero-order valence-corrected chi connectivity index (χ0v) is 23.1. The number of amides is 1. The van der Waals surface area contributed by atoms with Crippen LogP contribution in [-0.4, -0.2) is 59.2 Å². The van der Waals surface area contributed by atoms with Gasteiger partial charge in [-0.2, -0.15) is 13.2 Å². The molecule has 0 aliphatic rings. The number of likely N-dealkylation sites (N-methyl/N-ethyl adjacent to an activating group) is 1. The van der Waals surface area contributed by atoms with Gasteiger partial charge >= 0.3 is 6.18 Å². The number of quaternary nitrogens is 1. The number of carbonyl (C=O) groups excluding carboxylic acids is 1. The first kappa shape index (κ1) is 30.6. The van der Waals surface area contributed by atoms with E-state index >= 15 is 0 Å². The number of hydrogen-bond donors (Lipinski definition) is 1. The topological polar surface area (TPSA) is 96.6 Å². The summed E-state index contributed by atoms with van der Waals surface area (Å²) in [6, 6.07) is 10.3. The summed E-state index contributed by atoms with van der Waals surface area (Å²) >= 11 is 1.06. The Hall–Kier alpha value is -2.62. The fourth-order valence-corrected chi connectivity index (χ4v) is 4.48. The maximum Gasteiger partial charge on any atom is 0.416 e. The minimum atomic E-state index is -4.59. The third-order valence-corrected chi connectivity index (χ3v) is 6.40. The number of non-ortho nitro benzene ring substituents is 1. The molecule has 0 saturated carbocycles. The van der Waals surface area contributed by atoms with Gasteiger partial charge in [0, 0.05) is 35.9 Å². The van der Waals surface area contributed by atoms with E-state index in [9.17, 15) is 33.2 Å². The van der Waals surface area contributed by atoms with Gasteiger partial charge in [-0.1, -0.05) is 18.2 Å². The summed E-state index contributed by atoms with van der Waals surface area (Å²) in [7, 11) is 3.83. The second kappa shape index (κ2) is 12.8. The molecule has 1 heterocycles. The lowest BCUT2D eigenvalue weighted by atomic mass is 10.1. The summed E-state index contributed by atoms with van der Waals surface area (Å²) in [4.78, 5) is 29.5. The number of nitro benzene ring substituents is 1. The van der Waals surface area contributed by atoms with Crippen molar-refractivity contribution in [3.63, 3.8) is 0 Å². The Morgan fingerprint density at radius 2 is 1.86 bits per heavy atom. The maximum absolute atomic E-state index is 13.4. The normalized spacial score (nSPS) is 11.6. The average Bonchev–Trinajstić information content (AvgIpc) is 3.28. The number of halogens is 4. The molecule has 1 amide bonds. The molecule has 1 aromatic heterocycles. The first-order valence-corrected chi connectivity index (χ1v) is 11.9. The number of nitrogens with zero attached hydrogens (tertiary/aromatic N) is 4. The molecular formula is C24H26F3IN4O4S. The molecule has 0 fully saturated rings. The first-order valence-electron chi connectivity index (χ1n) is 11.0. The summed E-state index contributed by atoms with van der Waals surface area (Å²) in [5.41, 5.74) is -0.181. The van der Waals surface area contributed by atoms with E-state index in [1.165, 1.54) is 30.3 Å². The van der Waals surface area contributed by atoms with Gasteiger partial charge in [-0.05, 0) is 18.2 Å². The summed E-state index contributed by atoms with van der Waals surface area (Å²) in [6.07, 6.45) is -4.09. The van der Waals surface area contributed by atoms with E-state index in [1.807, 2.05) is 14.1 Å². The van der Waals surface area contributed by atoms with Crippen molar-refractivity contribution in [1.29, 1.82) is 0 Å². The third kappa shape index (κ3) is 8.18. The van der Waals surface area contributed by atoms with E-state index < -0.39 is 22.6 Å². The lowest BCUT2D eigenvalue weighted by Crippen LogP contribution is -3.00. The van der Waals surface area contributed by atoms with Crippen LogP contribution in [0.25, 0.3) is 11.3 Å². The molecule has 3 aromatic rings. The standard InChI is InChI=1S/C24H26F3N4O4S.HI/c1-31(2,12-13-32)11-5-10-22(33)29(19-8-4-7-18(15-19)24(25,26)27)23-28-21(16-36-23)17-6-3-9-20(14-17)30(34)35;/h3-4,6-9,14-16,32H,5,10-13H2,1-2H3;1H/q+1;/p-1. The van der Waals surface area contributed by atoms with Gasteiger partial charge in [0.25, 0.3) is 5.69 Å². The van der Waals surface area contributed by atoms with Crippen LogP contribution in [0.3, 0.4) is 0 Å².